The number of piperazine rings is 1. The number of halogens is 3. The fourth-order valence-electron chi connectivity index (χ4n) is 4.05. The molecule has 4 rings (SSSR count). The zero-order valence-electron chi connectivity index (χ0n) is 17.5. The van der Waals surface area contributed by atoms with Crippen molar-refractivity contribution in [2.75, 3.05) is 26.2 Å². The number of hydrogen-bond acceptors (Lipinski definition) is 4. The van der Waals surface area contributed by atoms with E-state index in [0.29, 0.717) is 60.7 Å². The summed E-state index contributed by atoms with van der Waals surface area (Å²) < 4.78 is 42.2. The second-order valence-electron chi connectivity index (χ2n) is 7.84. The van der Waals surface area contributed by atoms with Crippen molar-refractivity contribution in [3.05, 3.63) is 58.7 Å². The zero-order chi connectivity index (χ0) is 22.1. The number of aromatic nitrogens is 3. The number of hydrogen-bond donors (Lipinski definition) is 0. The number of nitrogens with zero attached hydrogens (tertiary/aromatic N) is 5. The van der Waals surface area contributed by atoms with E-state index in [1.807, 2.05) is 6.07 Å². The highest BCUT2D eigenvalue weighted by Crippen LogP contribution is 2.30. The van der Waals surface area contributed by atoms with Crippen LogP contribution in [0, 0.1) is 19.7 Å². The summed E-state index contributed by atoms with van der Waals surface area (Å²) in [4.78, 5) is 21.0. The quantitative estimate of drug-likeness (QED) is 0.621. The Morgan fingerprint density at radius 3 is 2.52 bits per heavy atom. The first kappa shape index (κ1) is 21.3. The minimum absolute atomic E-state index is 0.0587. The average Bonchev–Trinajstić information content (AvgIpc) is 3.04. The van der Waals surface area contributed by atoms with E-state index in [0.717, 1.165) is 0 Å². The number of alkyl halides is 2. The molecule has 1 amide bonds. The summed E-state index contributed by atoms with van der Waals surface area (Å²) in [5.74, 6) is -0.371. The minimum Gasteiger partial charge on any atom is -0.339 e. The van der Waals surface area contributed by atoms with Gasteiger partial charge in [0.2, 0.25) is 5.91 Å². The Morgan fingerprint density at radius 1 is 1.13 bits per heavy atom. The number of benzene rings is 1. The van der Waals surface area contributed by atoms with Gasteiger partial charge in [-0.25, -0.2) is 22.8 Å². The summed E-state index contributed by atoms with van der Waals surface area (Å²) in [5, 5.41) is 4.62. The highest BCUT2D eigenvalue weighted by Gasteiger charge is 2.25. The van der Waals surface area contributed by atoms with Crippen LogP contribution in [0.4, 0.5) is 13.2 Å². The van der Waals surface area contributed by atoms with E-state index in [4.69, 9.17) is 0 Å². The van der Waals surface area contributed by atoms with Gasteiger partial charge in [0.25, 0.3) is 6.43 Å². The second-order valence-corrected chi connectivity index (χ2v) is 7.84. The number of rotatable bonds is 5. The molecule has 1 aromatic carbocycles. The Morgan fingerprint density at radius 2 is 1.84 bits per heavy atom. The highest BCUT2D eigenvalue weighted by atomic mass is 19.3. The monoisotopic (exact) mass is 431 g/mol. The van der Waals surface area contributed by atoms with Crippen LogP contribution in [0.5, 0.6) is 0 Å². The number of carbonyl (C=O) groups is 1. The molecule has 0 aliphatic carbocycles. The molecule has 6 nitrogen and oxygen atoms in total. The van der Waals surface area contributed by atoms with Crippen LogP contribution in [0.25, 0.3) is 11.0 Å². The van der Waals surface area contributed by atoms with Crippen molar-refractivity contribution in [2.24, 2.45) is 0 Å². The van der Waals surface area contributed by atoms with Gasteiger partial charge in [-0.05, 0) is 26.0 Å². The summed E-state index contributed by atoms with van der Waals surface area (Å²) in [6.07, 6.45) is -2.64. The molecule has 31 heavy (non-hydrogen) atoms. The number of amides is 1. The van der Waals surface area contributed by atoms with Crippen LogP contribution in [0.2, 0.25) is 0 Å². The second kappa shape index (κ2) is 8.66. The fourth-order valence-corrected chi connectivity index (χ4v) is 4.05. The summed E-state index contributed by atoms with van der Waals surface area (Å²) in [7, 11) is 0. The Labute approximate surface area is 178 Å². The van der Waals surface area contributed by atoms with Crippen molar-refractivity contribution in [3.8, 4) is 0 Å². The normalized spacial score (nSPS) is 15.2. The molecule has 0 unspecified atom stereocenters. The smallest absolute Gasteiger partial charge is 0.264 e. The first-order chi connectivity index (χ1) is 14.8. The highest BCUT2D eigenvalue weighted by molar-refractivity contribution is 5.84. The van der Waals surface area contributed by atoms with Crippen molar-refractivity contribution in [1.82, 2.24) is 24.6 Å². The molecular weight excluding hydrogens is 407 g/mol. The molecule has 0 bridgehead atoms. The molecule has 0 saturated carbocycles. The fraction of sp³-hybridized carbons (Fsp3) is 0.409. The summed E-state index contributed by atoms with van der Waals surface area (Å²) >= 11 is 0. The largest absolute Gasteiger partial charge is 0.339 e. The lowest BCUT2D eigenvalue weighted by molar-refractivity contribution is -0.133. The van der Waals surface area contributed by atoms with Gasteiger partial charge in [0, 0.05) is 49.5 Å². The molecule has 1 saturated heterocycles. The number of aryl methyl sites for hydroxylation is 2. The van der Waals surface area contributed by atoms with Gasteiger partial charge in [0.15, 0.2) is 5.65 Å². The molecule has 0 N–H and O–H groups in total. The average molecular weight is 431 g/mol. The van der Waals surface area contributed by atoms with Crippen LogP contribution in [0.3, 0.4) is 0 Å². The third kappa shape index (κ3) is 4.41. The van der Waals surface area contributed by atoms with Gasteiger partial charge in [-0.15, -0.1) is 0 Å². The molecule has 3 aromatic rings. The lowest BCUT2D eigenvalue weighted by Crippen LogP contribution is -2.49. The lowest BCUT2D eigenvalue weighted by atomic mass is 10.1. The topological polar surface area (TPSA) is 54.3 Å². The Hall–Kier alpha value is -2.94. The Kier molecular flexibility index (Phi) is 5.95. The van der Waals surface area contributed by atoms with Gasteiger partial charge in [0.1, 0.15) is 12.4 Å². The maximum absolute atomic E-state index is 13.9. The summed E-state index contributed by atoms with van der Waals surface area (Å²) in [6, 6.07) is 8.05. The van der Waals surface area contributed by atoms with E-state index >= 15 is 0 Å². The first-order valence-corrected chi connectivity index (χ1v) is 10.2. The van der Waals surface area contributed by atoms with Crippen molar-refractivity contribution in [3.63, 3.8) is 0 Å². The maximum atomic E-state index is 13.9. The first-order valence-electron chi connectivity index (χ1n) is 10.2. The molecule has 1 fully saturated rings. The van der Waals surface area contributed by atoms with Crippen molar-refractivity contribution >= 4 is 16.9 Å². The molecule has 3 heterocycles. The predicted molar refractivity (Wildman–Crippen MR) is 110 cm³/mol. The van der Waals surface area contributed by atoms with E-state index in [1.165, 1.54) is 16.8 Å². The number of fused-ring (bicyclic) bond motifs is 1. The maximum Gasteiger partial charge on any atom is 0.264 e. The van der Waals surface area contributed by atoms with Crippen LogP contribution in [0.15, 0.2) is 30.3 Å². The molecule has 0 spiro atoms. The van der Waals surface area contributed by atoms with Crippen LogP contribution in [-0.4, -0.2) is 56.7 Å². The van der Waals surface area contributed by atoms with Crippen LogP contribution in [0.1, 0.15) is 28.9 Å². The lowest BCUT2D eigenvalue weighted by Gasteiger charge is -2.34. The van der Waals surface area contributed by atoms with Gasteiger partial charge in [-0.2, -0.15) is 5.10 Å². The van der Waals surface area contributed by atoms with Gasteiger partial charge < -0.3 is 4.90 Å². The molecule has 1 aliphatic heterocycles. The van der Waals surface area contributed by atoms with Gasteiger partial charge in [0.05, 0.1) is 11.1 Å². The summed E-state index contributed by atoms with van der Waals surface area (Å²) in [5.41, 5.74) is 1.72. The number of pyridine rings is 1. The van der Waals surface area contributed by atoms with Crippen LogP contribution < -0.4 is 0 Å². The zero-order valence-corrected chi connectivity index (χ0v) is 17.5. The molecule has 9 heteroatoms. The van der Waals surface area contributed by atoms with E-state index < -0.39 is 6.43 Å². The number of carbonyl (C=O) groups excluding carboxylic acids is 1. The van der Waals surface area contributed by atoms with Crippen LogP contribution >= 0.6 is 0 Å². The molecule has 164 valence electrons. The van der Waals surface area contributed by atoms with E-state index in [1.54, 1.807) is 30.9 Å². The van der Waals surface area contributed by atoms with Crippen LogP contribution in [-0.2, 0) is 17.9 Å². The van der Waals surface area contributed by atoms with E-state index in [-0.39, 0.29) is 23.8 Å². The molecule has 0 atom stereocenters. The molecular formula is C22H24F3N5O. The molecule has 2 aromatic heterocycles. The minimum atomic E-state index is -2.64. The molecule has 0 radical (unpaired) electrons. The van der Waals surface area contributed by atoms with Gasteiger partial charge in [-0.3, -0.25) is 9.69 Å². The summed E-state index contributed by atoms with van der Waals surface area (Å²) in [6.45, 7) is 6.02. The van der Waals surface area contributed by atoms with Gasteiger partial charge >= 0.3 is 0 Å². The third-order valence-electron chi connectivity index (χ3n) is 5.63. The SMILES string of the molecule is Cc1cc(C(F)F)c2c(C)nn(CC(=O)N3CCN(Cc4ccccc4F)CC3)c2n1. The Bertz CT molecular complexity index is 1110. The Balaban J connectivity index is 1.44. The standard InChI is InChI=1S/C22H24F3N5O/c1-14-11-17(21(24)25)20-15(2)27-30(22(20)26-14)13-19(31)29-9-7-28(8-10-29)12-16-5-3-4-6-18(16)23/h3-6,11,21H,7-10,12-13H2,1-2H3. The van der Waals surface area contributed by atoms with Crippen molar-refractivity contribution in [2.45, 2.75) is 33.4 Å². The van der Waals surface area contributed by atoms with Crippen molar-refractivity contribution < 1.29 is 18.0 Å². The van der Waals surface area contributed by atoms with Gasteiger partial charge in [-0.1, -0.05) is 18.2 Å². The van der Waals surface area contributed by atoms with Crippen molar-refractivity contribution in [1.29, 1.82) is 0 Å². The third-order valence-corrected chi connectivity index (χ3v) is 5.63. The van der Waals surface area contributed by atoms with E-state index in [9.17, 15) is 18.0 Å². The van der Waals surface area contributed by atoms with E-state index in [2.05, 4.69) is 15.0 Å². The molecule has 1 aliphatic rings. The predicted octanol–water partition coefficient (Wildman–Crippen LogP) is 3.47.